The Morgan fingerprint density at radius 1 is 1.06 bits per heavy atom. The zero-order valence-corrected chi connectivity index (χ0v) is 18.6. The number of hydrogen-bond acceptors (Lipinski definition) is 7. The van der Waals surface area contributed by atoms with E-state index in [2.05, 4.69) is 15.6 Å². The first kappa shape index (κ1) is 23.9. The molecule has 2 amide bonds. The zero-order chi connectivity index (χ0) is 23.8. The highest BCUT2D eigenvalue weighted by Crippen LogP contribution is 2.17. The van der Waals surface area contributed by atoms with Gasteiger partial charge in [-0.1, -0.05) is 12.1 Å². The number of ether oxygens (including phenoxy) is 1. The Balaban J connectivity index is 1.59. The lowest BCUT2D eigenvalue weighted by Gasteiger charge is -2.09. The Labute approximate surface area is 191 Å². The molecule has 0 radical (unpaired) electrons. The first-order chi connectivity index (χ1) is 15.8. The molecule has 3 rings (SSSR count). The van der Waals surface area contributed by atoms with Crippen molar-refractivity contribution < 1.29 is 27.9 Å². The van der Waals surface area contributed by atoms with E-state index in [4.69, 9.17) is 9.84 Å². The average molecular weight is 470 g/mol. The van der Waals surface area contributed by atoms with Crippen LogP contribution in [0.25, 0.3) is 0 Å². The molecule has 3 N–H and O–H groups in total. The van der Waals surface area contributed by atoms with Gasteiger partial charge in [-0.3, -0.25) is 14.6 Å². The molecule has 172 valence electrons. The van der Waals surface area contributed by atoms with Crippen LogP contribution in [0.4, 0.5) is 10.5 Å². The molecule has 0 saturated carbocycles. The maximum Gasteiger partial charge on any atom is 0.345 e. The summed E-state index contributed by atoms with van der Waals surface area (Å²) >= 11 is 0. The Morgan fingerprint density at radius 2 is 1.82 bits per heavy atom. The molecule has 0 aliphatic rings. The first-order valence-corrected chi connectivity index (χ1v) is 11.4. The number of pyridine rings is 1. The Bertz CT molecular complexity index is 1230. The smallest absolute Gasteiger partial charge is 0.345 e. The van der Waals surface area contributed by atoms with Gasteiger partial charge in [-0.2, -0.15) is 0 Å². The molecule has 0 spiro atoms. The normalized spacial score (nSPS) is 11.0. The zero-order valence-electron chi connectivity index (χ0n) is 17.8. The van der Waals surface area contributed by atoms with Crippen molar-refractivity contribution in [2.75, 3.05) is 19.0 Å². The van der Waals surface area contributed by atoms with Gasteiger partial charge in [0.2, 0.25) is 0 Å². The maximum atomic E-state index is 12.5. The quantitative estimate of drug-likeness (QED) is 0.461. The fraction of sp³-hybridized carbons (Fsp3) is 0.174. The summed E-state index contributed by atoms with van der Waals surface area (Å²) in [6, 6.07) is 15.5. The highest BCUT2D eigenvalue weighted by Gasteiger charge is 2.25. The van der Waals surface area contributed by atoms with E-state index in [0.717, 1.165) is 11.3 Å². The molecule has 2 aromatic carbocycles. The second-order valence-electron chi connectivity index (χ2n) is 6.99. The number of aromatic nitrogens is 1. The predicted octanol–water partition coefficient (Wildman–Crippen LogP) is 2.56. The van der Waals surface area contributed by atoms with E-state index in [-0.39, 0.29) is 28.7 Å². The number of nitrogens with zero attached hydrogens (tertiary/aromatic N) is 1. The Kier molecular flexibility index (Phi) is 7.75. The second-order valence-corrected chi connectivity index (χ2v) is 8.84. The lowest BCUT2D eigenvalue weighted by molar-refractivity contribution is 0.0954. The summed E-state index contributed by atoms with van der Waals surface area (Å²) in [5, 5.41) is 12.8. The van der Waals surface area contributed by atoms with Gasteiger partial charge in [-0.05, 0) is 60.5 Å². The van der Waals surface area contributed by atoms with E-state index >= 15 is 0 Å². The number of sulfone groups is 1. The summed E-state index contributed by atoms with van der Waals surface area (Å²) in [4.78, 5) is 28.3. The third-order valence-electron chi connectivity index (χ3n) is 4.74. The number of hydrogen-bond donors (Lipinski definition) is 3. The molecule has 0 fully saturated rings. The molecular weight excluding hydrogens is 446 g/mol. The van der Waals surface area contributed by atoms with Crippen molar-refractivity contribution in [3.8, 4) is 5.75 Å². The monoisotopic (exact) mass is 469 g/mol. The number of nitrogens with one attached hydrogen (secondary N) is 2. The van der Waals surface area contributed by atoms with Crippen molar-refractivity contribution in [1.82, 2.24) is 10.3 Å². The molecule has 9 nitrogen and oxygen atoms in total. The summed E-state index contributed by atoms with van der Waals surface area (Å²) in [7, 11) is -2.74. The molecule has 0 aliphatic carbocycles. The average Bonchev–Trinajstić information content (AvgIpc) is 2.84. The maximum absolute atomic E-state index is 12.5. The number of benzene rings is 2. The third-order valence-corrected chi connectivity index (χ3v) is 6.22. The first-order valence-electron chi connectivity index (χ1n) is 9.96. The van der Waals surface area contributed by atoms with Crippen LogP contribution < -0.4 is 15.4 Å². The van der Waals surface area contributed by atoms with Crippen LogP contribution in [0, 0.1) is 0 Å². The van der Waals surface area contributed by atoms with E-state index in [9.17, 15) is 18.0 Å². The Morgan fingerprint density at radius 3 is 2.45 bits per heavy atom. The van der Waals surface area contributed by atoms with Crippen molar-refractivity contribution in [3.05, 3.63) is 83.7 Å². The minimum Gasteiger partial charge on any atom is -0.497 e. The van der Waals surface area contributed by atoms with Gasteiger partial charge < -0.3 is 20.5 Å². The van der Waals surface area contributed by atoms with Crippen LogP contribution in [0.5, 0.6) is 5.75 Å². The molecule has 3 aromatic rings. The molecule has 10 heteroatoms. The van der Waals surface area contributed by atoms with Gasteiger partial charge in [0.25, 0.3) is 15.7 Å². The van der Waals surface area contributed by atoms with Crippen molar-refractivity contribution in [1.29, 1.82) is 0 Å². The fourth-order valence-corrected chi connectivity index (χ4v) is 3.88. The van der Waals surface area contributed by atoms with Crippen LogP contribution in [-0.4, -0.2) is 43.3 Å². The lowest BCUT2D eigenvalue weighted by Crippen LogP contribution is -2.26. The van der Waals surface area contributed by atoms with Crippen LogP contribution in [0.2, 0.25) is 0 Å². The van der Waals surface area contributed by atoms with Gasteiger partial charge in [-0.15, -0.1) is 0 Å². The highest BCUT2D eigenvalue weighted by atomic mass is 32.2. The topological polar surface area (TPSA) is 135 Å². The van der Waals surface area contributed by atoms with Gasteiger partial charge in [0.05, 0.1) is 36.2 Å². The molecule has 0 bridgehead atoms. The van der Waals surface area contributed by atoms with Crippen molar-refractivity contribution >= 4 is 26.7 Å². The molecule has 33 heavy (non-hydrogen) atoms. The van der Waals surface area contributed by atoms with Crippen LogP contribution in [0.15, 0.2) is 71.8 Å². The summed E-state index contributed by atoms with van der Waals surface area (Å²) < 4.78 is 30.2. The number of aliphatic hydroxyl groups excluding tert-OH is 1. The highest BCUT2D eigenvalue weighted by molar-refractivity contribution is 8.06. The number of aliphatic hydroxyl groups is 1. The van der Waals surface area contributed by atoms with E-state index < -0.39 is 15.1 Å². The molecule has 1 aromatic heterocycles. The van der Waals surface area contributed by atoms with E-state index in [0.29, 0.717) is 18.7 Å². The summed E-state index contributed by atoms with van der Waals surface area (Å²) in [5.74, 6) is 0.374. The van der Waals surface area contributed by atoms with Crippen molar-refractivity contribution in [2.24, 2.45) is 0 Å². The van der Waals surface area contributed by atoms with E-state index in [1.54, 1.807) is 7.11 Å². The van der Waals surface area contributed by atoms with Crippen molar-refractivity contribution in [3.63, 3.8) is 0 Å². The Hall–Kier alpha value is -3.76. The number of carbonyl (C=O) groups is 2. The minimum atomic E-state index is -4.33. The second kappa shape index (κ2) is 10.7. The van der Waals surface area contributed by atoms with Gasteiger partial charge >= 0.3 is 5.24 Å². The fourth-order valence-electron chi connectivity index (χ4n) is 2.92. The predicted molar refractivity (Wildman–Crippen MR) is 122 cm³/mol. The number of anilines is 1. The molecular formula is C23H23N3O6S. The number of amides is 2. The largest absolute Gasteiger partial charge is 0.497 e. The third kappa shape index (κ3) is 6.15. The molecule has 0 aliphatic heterocycles. The number of rotatable bonds is 8. The summed E-state index contributed by atoms with van der Waals surface area (Å²) in [6.07, 6.45) is 1.85. The number of carbonyl (C=O) groups excluding carboxylic acids is 2. The molecule has 1 heterocycles. The summed E-state index contributed by atoms with van der Waals surface area (Å²) in [6.45, 7) is 0.116. The number of methoxy groups -OCH3 is 1. The van der Waals surface area contributed by atoms with Crippen LogP contribution >= 0.6 is 0 Å². The van der Waals surface area contributed by atoms with Crippen LogP contribution in [-0.2, 0) is 22.9 Å². The molecule has 0 atom stereocenters. The van der Waals surface area contributed by atoms with E-state index in [1.807, 2.05) is 24.3 Å². The summed E-state index contributed by atoms with van der Waals surface area (Å²) in [5.41, 5.74) is 1.83. The van der Waals surface area contributed by atoms with Gasteiger partial charge in [-0.25, -0.2) is 8.42 Å². The van der Waals surface area contributed by atoms with E-state index in [1.165, 1.54) is 42.6 Å². The van der Waals surface area contributed by atoms with Gasteiger partial charge in [0, 0.05) is 12.1 Å². The van der Waals surface area contributed by atoms with Gasteiger partial charge in [0.15, 0.2) is 0 Å². The van der Waals surface area contributed by atoms with Crippen LogP contribution in [0.1, 0.15) is 21.6 Å². The van der Waals surface area contributed by atoms with Crippen molar-refractivity contribution in [2.45, 2.75) is 17.9 Å². The lowest BCUT2D eigenvalue weighted by atomic mass is 10.1. The molecule has 0 saturated heterocycles. The molecule has 0 unspecified atom stereocenters. The standard InChI is InChI=1S/C23H23N3O6S/c1-32-20-4-2-3-16(13-20)11-12-24-22(28)17-5-9-21(10-6-17)33(30,31)23(29)26-18-7-8-19(15-27)25-14-18/h2-10,13-14,27H,11-12,15H2,1H3,(H,24,28)(H,26,29). The minimum absolute atomic E-state index is 0.174. The van der Waals surface area contributed by atoms with Crippen LogP contribution in [0.3, 0.4) is 0 Å². The van der Waals surface area contributed by atoms with Gasteiger partial charge in [0.1, 0.15) is 5.75 Å². The SMILES string of the molecule is COc1cccc(CCNC(=O)c2ccc(S(=O)(=O)C(=O)Nc3ccc(CO)nc3)cc2)c1.